The summed E-state index contributed by atoms with van der Waals surface area (Å²) >= 11 is 2.23. The van der Waals surface area contributed by atoms with E-state index in [9.17, 15) is 4.79 Å². The molecule has 0 bridgehead atoms. The van der Waals surface area contributed by atoms with Crippen LogP contribution in [0.25, 0.3) is 0 Å². The number of halogens is 1. The molecule has 1 aromatic rings. The lowest BCUT2D eigenvalue weighted by atomic mass is 9.89. The monoisotopic (exact) mass is 358 g/mol. The van der Waals surface area contributed by atoms with Gasteiger partial charge in [-0.25, -0.2) is 0 Å². The van der Waals surface area contributed by atoms with Crippen LogP contribution in [0.2, 0.25) is 0 Å². The van der Waals surface area contributed by atoms with Crippen molar-refractivity contribution in [2.45, 2.75) is 32.4 Å². The van der Waals surface area contributed by atoms with Crippen molar-refractivity contribution in [1.29, 1.82) is 0 Å². The van der Waals surface area contributed by atoms with Gasteiger partial charge in [-0.1, -0.05) is 13.0 Å². The molecule has 1 amide bonds. The van der Waals surface area contributed by atoms with Crippen LogP contribution in [0.5, 0.6) is 0 Å². The van der Waals surface area contributed by atoms with E-state index in [0.29, 0.717) is 12.0 Å². The third-order valence-corrected chi connectivity index (χ3v) is 4.27. The normalized spacial score (nSPS) is 27.8. The molecule has 1 heterocycles. The molecule has 2 rings (SSSR count). The highest BCUT2D eigenvalue weighted by Gasteiger charge is 2.28. The molecular formula is C14H19IN2O. The van der Waals surface area contributed by atoms with Crippen molar-refractivity contribution in [3.8, 4) is 0 Å². The summed E-state index contributed by atoms with van der Waals surface area (Å²) in [6.45, 7) is 5.38. The van der Waals surface area contributed by atoms with E-state index in [1.165, 1.54) is 0 Å². The maximum absolute atomic E-state index is 12.2. The summed E-state index contributed by atoms with van der Waals surface area (Å²) in [4.78, 5) is 12.2. The summed E-state index contributed by atoms with van der Waals surface area (Å²) in [5.74, 6) is 0.550. The van der Waals surface area contributed by atoms with E-state index >= 15 is 0 Å². The van der Waals surface area contributed by atoms with E-state index in [0.717, 1.165) is 22.1 Å². The lowest BCUT2D eigenvalue weighted by Gasteiger charge is -2.36. The zero-order valence-electron chi connectivity index (χ0n) is 10.7. The molecule has 4 heteroatoms. The number of hydrogen-bond acceptors (Lipinski definition) is 2. The summed E-state index contributed by atoms with van der Waals surface area (Å²) in [5.41, 5.74) is 0.742. The first-order chi connectivity index (χ1) is 8.58. The fraction of sp³-hybridized carbons (Fsp3) is 0.500. The number of amides is 1. The Hall–Kier alpha value is -0.620. The molecule has 18 heavy (non-hydrogen) atoms. The van der Waals surface area contributed by atoms with Gasteiger partial charge in [-0.3, -0.25) is 4.79 Å². The maximum Gasteiger partial charge on any atom is 0.251 e. The molecule has 1 aliphatic rings. The van der Waals surface area contributed by atoms with Crippen molar-refractivity contribution < 1.29 is 4.79 Å². The molecule has 0 radical (unpaired) electrons. The molecule has 0 spiro atoms. The summed E-state index contributed by atoms with van der Waals surface area (Å²) in [7, 11) is 0. The van der Waals surface area contributed by atoms with Gasteiger partial charge in [0.15, 0.2) is 0 Å². The van der Waals surface area contributed by atoms with Gasteiger partial charge in [-0.15, -0.1) is 0 Å². The summed E-state index contributed by atoms with van der Waals surface area (Å²) < 4.78 is 1.09. The van der Waals surface area contributed by atoms with Gasteiger partial charge in [0.1, 0.15) is 0 Å². The molecule has 1 aromatic carbocycles. The average Bonchev–Trinajstić information content (AvgIpc) is 2.34. The van der Waals surface area contributed by atoms with Crippen molar-refractivity contribution in [2.24, 2.45) is 5.92 Å². The first-order valence-electron chi connectivity index (χ1n) is 6.37. The lowest BCUT2D eigenvalue weighted by molar-refractivity contribution is 0.0897. The zero-order chi connectivity index (χ0) is 13.1. The zero-order valence-corrected chi connectivity index (χ0v) is 12.9. The highest BCUT2D eigenvalue weighted by molar-refractivity contribution is 14.1. The lowest BCUT2D eigenvalue weighted by Crippen LogP contribution is -2.55. The Labute approximate surface area is 122 Å². The summed E-state index contributed by atoms with van der Waals surface area (Å²) in [6, 6.07) is 8.24. The van der Waals surface area contributed by atoms with E-state index < -0.39 is 0 Å². The molecule has 0 saturated carbocycles. The van der Waals surface area contributed by atoms with Gasteiger partial charge in [0.05, 0.1) is 0 Å². The molecule has 3 unspecified atom stereocenters. The highest BCUT2D eigenvalue weighted by atomic mass is 127. The fourth-order valence-corrected chi connectivity index (χ4v) is 3.01. The Morgan fingerprint density at radius 3 is 2.89 bits per heavy atom. The predicted molar refractivity (Wildman–Crippen MR) is 81.7 cm³/mol. The fourth-order valence-electron chi connectivity index (χ4n) is 2.47. The molecule has 1 saturated heterocycles. The van der Waals surface area contributed by atoms with Gasteiger partial charge in [0.25, 0.3) is 5.91 Å². The van der Waals surface area contributed by atoms with Gasteiger partial charge < -0.3 is 10.6 Å². The largest absolute Gasteiger partial charge is 0.347 e. The quantitative estimate of drug-likeness (QED) is 0.798. The van der Waals surface area contributed by atoms with E-state index in [-0.39, 0.29) is 11.9 Å². The molecule has 1 fully saturated rings. The van der Waals surface area contributed by atoms with Crippen molar-refractivity contribution in [1.82, 2.24) is 10.6 Å². The van der Waals surface area contributed by atoms with Crippen LogP contribution >= 0.6 is 22.6 Å². The molecule has 0 aromatic heterocycles. The van der Waals surface area contributed by atoms with Crippen molar-refractivity contribution >= 4 is 28.5 Å². The minimum atomic E-state index is 0.0286. The van der Waals surface area contributed by atoms with Gasteiger partial charge in [-0.2, -0.15) is 0 Å². The number of hydrogen-bond donors (Lipinski definition) is 2. The first-order valence-corrected chi connectivity index (χ1v) is 7.45. The van der Waals surface area contributed by atoms with Crippen LogP contribution in [0.15, 0.2) is 24.3 Å². The second-order valence-corrected chi connectivity index (χ2v) is 6.26. The van der Waals surface area contributed by atoms with E-state index in [4.69, 9.17) is 0 Å². The molecule has 0 aliphatic carbocycles. The molecule has 1 aliphatic heterocycles. The van der Waals surface area contributed by atoms with Crippen LogP contribution in [0.1, 0.15) is 30.6 Å². The standard InChI is InChI=1S/C14H19IN2O/c1-9-6-7-16-10(2)13(9)17-14(18)11-4-3-5-12(15)8-11/h3-5,8-10,13,16H,6-7H2,1-2H3,(H,17,18). The predicted octanol–water partition coefficient (Wildman–Crippen LogP) is 2.41. The van der Waals surface area contributed by atoms with Gasteiger partial charge in [-0.05, 0) is 66.6 Å². The Bertz CT molecular complexity index is 426. The smallest absolute Gasteiger partial charge is 0.251 e. The summed E-state index contributed by atoms with van der Waals surface area (Å²) in [6.07, 6.45) is 1.11. The molecule has 2 N–H and O–H groups in total. The maximum atomic E-state index is 12.2. The molecule has 3 nitrogen and oxygen atoms in total. The minimum absolute atomic E-state index is 0.0286. The Kier molecular flexibility index (Phi) is 4.61. The molecule has 3 atom stereocenters. The SMILES string of the molecule is CC1CCNC(C)C1NC(=O)c1cccc(I)c1. The number of carbonyl (C=O) groups is 1. The second kappa shape index (κ2) is 6.02. The second-order valence-electron chi connectivity index (χ2n) is 5.02. The average molecular weight is 358 g/mol. The third-order valence-electron chi connectivity index (χ3n) is 3.60. The number of carbonyl (C=O) groups excluding carboxylic acids is 1. The van der Waals surface area contributed by atoms with E-state index in [2.05, 4.69) is 47.1 Å². The van der Waals surface area contributed by atoms with Crippen LogP contribution in [-0.2, 0) is 0 Å². The number of benzene rings is 1. The number of piperidine rings is 1. The molecule has 98 valence electrons. The Morgan fingerprint density at radius 2 is 2.22 bits per heavy atom. The van der Waals surface area contributed by atoms with Gasteiger partial charge in [0.2, 0.25) is 0 Å². The van der Waals surface area contributed by atoms with Crippen molar-refractivity contribution in [2.75, 3.05) is 6.54 Å². The third kappa shape index (κ3) is 3.23. The van der Waals surface area contributed by atoms with Crippen LogP contribution in [0.3, 0.4) is 0 Å². The minimum Gasteiger partial charge on any atom is -0.347 e. The van der Waals surface area contributed by atoms with Crippen LogP contribution in [-0.4, -0.2) is 24.5 Å². The van der Waals surface area contributed by atoms with Gasteiger partial charge in [0, 0.05) is 21.2 Å². The highest BCUT2D eigenvalue weighted by Crippen LogP contribution is 2.17. The summed E-state index contributed by atoms with van der Waals surface area (Å²) in [5, 5.41) is 6.57. The van der Waals surface area contributed by atoms with Crippen LogP contribution in [0, 0.1) is 9.49 Å². The molecular weight excluding hydrogens is 339 g/mol. The number of rotatable bonds is 2. The van der Waals surface area contributed by atoms with Crippen LogP contribution < -0.4 is 10.6 Å². The van der Waals surface area contributed by atoms with Crippen molar-refractivity contribution in [3.63, 3.8) is 0 Å². The van der Waals surface area contributed by atoms with E-state index in [1.54, 1.807) is 0 Å². The van der Waals surface area contributed by atoms with Crippen LogP contribution in [0.4, 0.5) is 0 Å². The Morgan fingerprint density at radius 1 is 1.44 bits per heavy atom. The number of nitrogens with one attached hydrogen (secondary N) is 2. The van der Waals surface area contributed by atoms with Gasteiger partial charge >= 0.3 is 0 Å². The van der Waals surface area contributed by atoms with Crippen molar-refractivity contribution in [3.05, 3.63) is 33.4 Å². The van der Waals surface area contributed by atoms with E-state index in [1.807, 2.05) is 24.3 Å². The Balaban J connectivity index is 2.06. The topological polar surface area (TPSA) is 41.1 Å². The first kappa shape index (κ1) is 13.8.